The van der Waals surface area contributed by atoms with Gasteiger partial charge in [-0.25, -0.2) is 0 Å². The molecular weight excluding hydrogens is 507 g/mol. The number of hydrogen-bond acceptors (Lipinski definition) is 5. The minimum atomic E-state index is -3.20. The van der Waals surface area contributed by atoms with Crippen LogP contribution in [0.4, 0.5) is 9.80 Å². The number of amides is 1. The van der Waals surface area contributed by atoms with Crippen LogP contribution in [0.2, 0.25) is 18.6 Å². The van der Waals surface area contributed by atoms with Gasteiger partial charge in [-0.1, -0.05) is 34.1 Å². The molecule has 1 N–H and O–H groups in total. The third-order valence-electron chi connectivity index (χ3n) is 6.83. The Bertz CT molecular complexity index is 1060. The summed E-state index contributed by atoms with van der Waals surface area (Å²) in [6, 6.07) is 5.74. The molecule has 0 bridgehead atoms. The van der Waals surface area contributed by atoms with Crippen LogP contribution in [0, 0.1) is 5.92 Å². The summed E-state index contributed by atoms with van der Waals surface area (Å²) in [7, 11) is -3.20. The molecule has 0 unspecified atom stereocenters. The number of rotatable bonds is 8. The molecule has 3 heterocycles. The molecular formula is C23H30BrFN4O3Si. The molecule has 0 radical (unpaired) electrons. The third kappa shape index (κ3) is 4.11. The molecule has 178 valence electrons. The van der Waals surface area contributed by atoms with Crippen molar-refractivity contribution in [3.8, 4) is 0 Å². The number of aliphatic hydroxyl groups excluding tert-OH is 1. The van der Waals surface area contributed by atoms with Crippen molar-refractivity contribution in [3.63, 3.8) is 0 Å². The highest BCUT2D eigenvalue weighted by Crippen LogP contribution is 2.60. The van der Waals surface area contributed by atoms with E-state index in [9.17, 15) is 4.79 Å². The molecule has 4 atom stereocenters. The Morgan fingerprint density at radius 3 is 2.85 bits per heavy atom. The van der Waals surface area contributed by atoms with Crippen molar-refractivity contribution in [2.75, 3.05) is 18.1 Å². The van der Waals surface area contributed by atoms with Crippen molar-refractivity contribution in [3.05, 3.63) is 52.8 Å². The van der Waals surface area contributed by atoms with Crippen LogP contribution < -0.4 is 4.90 Å². The lowest BCUT2D eigenvalue weighted by molar-refractivity contribution is -0.145. The summed E-state index contributed by atoms with van der Waals surface area (Å²) in [5, 5.41) is 17.3. The van der Waals surface area contributed by atoms with Crippen molar-refractivity contribution in [2.24, 2.45) is 5.92 Å². The average Bonchev–Trinajstić information content (AvgIpc) is 3.38. The van der Waals surface area contributed by atoms with E-state index in [2.05, 4.69) is 32.8 Å². The molecule has 1 saturated heterocycles. The summed E-state index contributed by atoms with van der Waals surface area (Å²) < 4.78 is 24.9. The first-order valence-electron chi connectivity index (χ1n) is 11.2. The fraction of sp³-hybridized carbons (Fsp3) is 0.522. The molecule has 1 spiro atoms. The molecule has 7 nitrogen and oxygen atoms in total. The van der Waals surface area contributed by atoms with Gasteiger partial charge in [0.05, 0.1) is 17.5 Å². The van der Waals surface area contributed by atoms with Crippen molar-refractivity contribution < 1.29 is 18.7 Å². The maximum Gasteiger partial charge on any atom is 0.264 e. The normalized spacial score (nSPS) is 26.9. The van der Waals surface area contributed by atoms with Gasteiger partial charge in [-0.15, -0.1) is 11.7 Å². The van der Waals surface area contributed by atoms with Gasteiger partial charge >= 0.3 is 0 Å². The highest BCUT2D eigenvalue weighted by atomic mass is 79.9. The lowest BCUT2D eigenvalue weighted by Crippen LogP contribution is -2.45. The van der Waals surface area contributed by atoms with Gasteiger partial charge in [0.25, 0.3) is 5.91 Å². The number of aryl methyl sites for hydroxylation is 1. The maximum atomic E-state index is 15.7. The first-order valence-corrected chi connectivity index (χ1v) is 15.0. The molecule has 1 aromatic heterocycles. The lowest BCUT2D eigenvalue weighted by atomic mass is 9.82. The van der Waals surface area contributed by atoms with E-state index in [1.807, 2.05) is 25.1 Å². The standard InChI is InChI=1S/C23H30BrFN4O3Si/c1-5-10-29-19-7-6-16(24)13-18(19)23(22(29)31)15(2)21(33(3,4)25)20(32-23)8-11-28-14-17(9-12-30)26-27-28/h5-7,13-15,20-21,30H,1,8-12H2,2-4H3/t15-,20+,21-,23+/m0/s1. The van der Waals surface area contributed by atoms with E-state index < -0.39 is 20.1 Å². The van der Waals surface area contributed by atoms with Gasteiger partial charge in [0.1, 0.15) is 0 Å². The number of anilines is 1. The summed E-state index contributed by atoms with van der Waals surface area (Å²) in [6.45, 7) is 10.0. The van der Waals surface area contributed by atoms with Crippen molar-refractivity contribution in [2.45, 2.75) is 56.7 Å². The summed E-state index contributed by atoms with van der Waals surface area (Å²) in [5.41, 5.74) is 0.692. The molecule has 33 heavy (non-hydrogen) atoms. The van der Waals surface area contributed by atoms with Crippen LogP contribution in [0.15, 0.2) is 41.5 Å². The molecule has 2 aliphatic rings. The average molecular weight is 538 g/mol. The molecule has 0 aliphatic carbocycles. The number of ether oxygens (including phenoxy) is 1. The van der Waals surface area contributed by atoms with Gasteiger partial charge in [0, 0.05) is 53.8 Å². The number of carbonyl (C=O) groups is 1. The van der Waals surface area contributed by atoms with Crippen molar-refractivity contribution >= 4 is 35.9 Å². The number of benzene rings is 1. The van der Waals surface area contributed by atoms with Gasteiger partial charge < -0.3 is 18.9 Å². The minimum Gasteiger partial charge on any atom is -0.396 e. The Balaban J connectivity index is 1.70. The zero-order valence-corrected chi connectivity index (χ0v) is 21.8. The van der Waals surface area contributed by atoms with Crippen LogP contribution in [-0.4, -0.2) is 53.7 Å². The van der Waals surface area contributed by atoms with Gasteiger partial charge in [-0.05, 0) is 37.7 Å². The van der Waals surface area contributed by atoms with Crippen LogP contribution in [0.5, 0.6) is 0 Å². The first-order chi connectivity index (χ1) is 15.6. The largest absolute Gasteiger partial charge is 0.396 e. The van der Waals surface area contributed by atoms with Gasteiger partial charge in [-0.2, -0.15) is 0 Å². The minimum absolute atomic E-state index is 0.00642. The second kappa shape index (κ2) is 9.05. The van der Waals surface area contributed by atoms with Crippen LogP contribution in [0.1, 0.15) is 24.6 Å². The van der Waals surface area contributed by atoms with Crippen molar-refractivity contribution in [1.82, 2.24) is 15.0 Å². The van der Waals surface area contributed by atoms with Crippen LogP contribution in [0.3, 0.4) is 0 Å². The smallest absolute Gasteiger partial charge is 0.264 e. The molecule has 2 aliphatic heterocycles. The molecule has 2 aromatic rings. The van der Waals surface area contributed by atoms with E-state index in [4.69, 9.17) is 9.84 Å². The second-order valence-electron chi connectivity index (χ2n) is 9.37. The van der Waals surface area contributed by atoms with Gasteiger partial charge in [0.15, 0.2) is 5.60 Å². The lowest BCUT2D eigenvalue weighted by Gasteiger charge is -2.31. The van der Waals surface area contributed by atoms with Crippen molar-refractivity contribution in [1.29, 1.82) is 0 Å². The molecule has 4 rings (SSSR count). The molecule has 1 fully saturated rings. The number of aromatic nitrogens is 3. The van der Waals surface area contributed by atoms with E-state index in [0.717, 1.165) is 15.7 Å². The molecule has 10 heteroatoms. The zero-order valence-electron chi connectivity index (χ0n) is 19.2. The van der Waals surface area contributed by atoms with E-state index in [0.29, 0.717) is 31.6 Å². The number of carbonyl (C=O) groups excluding carboxylic acids is 1. The Hall–Kier alpha value is -1.88. The SMILES string of the molecule is C=CCN1C(=O)[C@]2(O[C@H](CCn3cc(CCO)nn3)[C@@H]([Si](C)(C)F)[C@@H]2C)c2cc(Br)ccc21. The summed E-state index contributed by atoms with van der Waals surface area (Å²) >= 11 is 3.53. The van der Waals surface area contributed by atoms with Crippen LogP contribution in [-0.2, 0) is 28.1 Å². The zero-order chi connectivity index (χ0) is 24.0. The summed E-state index contributed by atoms with van der Waals surface area (Å²) in [5.74, 6) is -0.482. The van der Waals surface area contributed by atoms with E-state index in [1.165, 1.54) is 0 Å². The fourth-order valence-electron chi connectivity index (χ4n) is 5.54. The highest BCUT2D eigenvalue weighted by Gasteiger charge is 2.66. The van der Waals surface area contributed by atoms with E-state index in [1.54, 1.807) is 34.9 Å². The Labute approximate surface area is 202 Å². The Morgan fingerprint density at radius 1 is 1.42 bits per heavy atom. The number of aliphatic hydroxyl groups is 1. The Kier molecular flexibility index (Phi) is 6.65. The quantitative estimate of drug-likeness (QED) is 0.313. The van der Waals surface area contributed by atoms with Crippen LogP contribution >= 0.6 is 15.9 Å². The first kappa shape index (κ1) is 24.2. The molecule has 1 aromatic carbocycles. The van der Waals surface area contributed by atoms with E-state index in [-0.39, 0.29) is 24.0 Å². The summed E-state index contributed by atoms with van der Waals surface area (Å²) in [4.78, 5) is 15.5. The predicted molar refractivity (Wildman–Crippen MR) is 130 cm³/mol. The van der Waals surface area contributed by atoms with E-state index >= 15 is 4.11 Å². The number of nitrogens with zero attached hydrogens (tertiary/aromatic N) is 4. The predicted octanol–water partition coefficient (Wildman–Crippen LogP) is 3.97. The topological polar surface area (TPSA) is 80.5 Å². The fourth-order valence-corrected chi connectivity index (χ4v) is 8.44. The van der Waals surface area contributed by atoms with Gasteiger partial charge in [0.2, 0.25) is 8.41 Å². The monoisotopic (exact) mass is 536 g/mol. The summed E-state index contributed by atoms with van der Waals surface area (Å²) in [6.07, 6.45) is 4.00. The number of fused-ring (bicyclic) bond motifs is 2. The number of halogens is 2. The molecule has 0 saturated carbocycles. The highest BCUT2D eigenvalue weighted by molar-refractivity contribution is 9.10. The van der Waals surface area contributed by atoms with Gasteiger partial charge in [-0.3, -0.25) is 9.48 Å². The molecule has 1 amide bonds. The van der Waals surface area contributed by atoms with Crippen LogP contribution in [0.25, 0.3) is 0 Å². The maximum absolute atomic E-state index is 15.7. The number of hydrogen-bond donors (Lipinski definition) is 1. The second-order valence-corrected chi connectivity index (χ2v) is 14.1. The Morgan fingerprint density at radius 2 is 2.18 bits per heavy atom. The third-order valence-corrected chi connectivity index (χ3v) is 9.78.